The first kappa shape index (κ1) is 26.6. The zero-order valence-electron chi connectivity index (χ0n) is 20.8. The number of hydrogen-bond donors (Lipinski definition) is 3. The van der Waals surface area contributed by atoms with Crippen molar-refractivity contribution in [3.8, 4) is 0 Å². The molecule has 190 valence electrons. The van der Waals surface area contributed by atoms with Crippen LogP contribution in [0.4, 0.5) is 4.79 Å². The first-order chi connectivity index (χ1) is 17.3. The summed E-state index contributed by atoms with van der Waals surface area (Å²) in [5.74, 6) is -0.907. The third-order valence-corrected chi connectivity index (χ3v) is 6.20. The Labute approximate surface area is 210 Å². The summed E-state index contributed by atoms with van der Waals surface area (Å²) < 4.78 is 1.76. The predicted octanol–water partition coefficient (Wildman–Crippen LogP) is 4.45. The van der Waals surface area contributed by atoms with E-state index in [0.29, 0.717) is 18.7 Å². The average Bonchev–Trinajstić information content (AvgIpc) is 3.26. The number of hydrogen-bond acceptors (Lipinski definition) is 5. The molecule has 9 heteroatoms. The van der Waals surface area contributed by atoms with Crippen LogP contribution in [0.1, 0.15) is 70.1 Å². The first-order valence-electron chi connectivity index (χ1n) is 12.0. The van der Waals surface area contributed by atoms with Gasteiger partial charge in [-0.3, -0.25) is 14.9 Å². The number of carboxylic acid groups (broad SMARTS) is 1. The van der Waals surface area contributed by atoms with Crippen LogP contribution in [0.25, 0.3) is 0 Å². The van der Waals surface area contributed by atoms with Crippen LogP contribution in [0, 0.1) is 6.92 Å². The number of carbonyl (C=O) groups is 3. The second-order valence-electron chi connectivity index (χ2n) is 8.82. The van der Waals surface area contributed by atoms with E-state index < -0.39 is 23.9 Å². The summed E-state index contributed by atoms with van der Waals surface area (Å²) in [7, 11) is 0. The molecule has 36 heavy (non-hydrogen) atoms. The van der Waals surface area contributed by atoms with Gasteiger partial charge in [-0.1, -0.05) is 49.7 Å². The lowest BCUT2D eigenvalue weighted by Gasteiger charge is -2.27. The molecule has 0 aliphatic heterocycles. The molecule has 0 bridgehead atoms. The summed E-state index contributed by atoms with van der Waals surface area (Å²) in [6.45, 7) is 6.05. The van der Waals surface area contributed by atoms with Crippen molar-refractivity contribution >= 4 is 17.9 Å². The van der Waals surface area contributed by atoms with Gasteiger partial charge in [-0.25, -0.2) is 20.1 Å². The predicted molar refractivity (Wildman–Crippen MR) is 134 cm³/mol. The van der Waals surface area contributed by atoms with Crippen LogP contribution in [0.5, 0.6) is 0 Å². The Balaban J connectivity index is 1.96. The maximum absolute atomic E-state index is 13.7. The second-order valence-corrected chi connectivity index (χ2v) is 8.82. The van der Waals surface area contributed by atoms with Gasteiger partial charge in [-0.15, -0.1) is 0 Å². The molecule has 0 radical (unpaired) electrons. The largest absolute Gasteiger partial charge is 0.478 e. The van der Waals surface area contributed by atoms with E-state index in [1.165, 1.54) is 18.3 Å². The van der Waals surface area contributed by atoms with E-state index in [9.17, 15) is 24.7 Å². The number of imide groups is 1. The number of imidazole rings is 1. The van der Waals surface area contributed by atoms with Crippen LogP contribution in [0.2, 0.25) is 0 Å². The number of urea groups is 1. The highest BCUT2D eigenvalue weighted by atomic mass is 16.5. The van der Waals surface area contributed by atoms with Crippen LogP contribution in [0.3, 0.4) is 0 Å². The molecular weight excluding hydrogens is 460 g/mol. The Morgan fingerprint density at radius 3 is 2.42 bits per heavy atom. The number of carbonyl (C=O) groups excluding carboxylic acids is 2. The number of carboxylic acids is 1. The van der Waals surface area contributed by atoms with Gasteiger partial charge in [0.2, 0.25) is 0 Å². The zero-order chi connectivity index (χ0) is 26.2. The van der Waals surface area contributed by atoms with E-state index >= 15 is 0 Å². The molecule has 3 rings (SSSR count). The van der Waals surface area contributed by atoms with E-state index in [1.54, 1.807) is 29.1 Å². The van der Waals surface area contributed by atoms with Gasteiger partial charge in [0.1, 0.15) is 11.5 Å². The van der Waals surface area contributed by atoms with Crippen LogP contribution in [-0.4, -0.2) is 48.7 Å². The average molecular weight is 493 g/mol. The maximum Gasteiger partial charge on any atom is 0.348 e. The van der Waals surface area contributed by atoms with Crippen molar-refractivity contribution in [3.05, 3.63) is 88.5 Å². The molecule has 9 nitrogen and oxygen atoms in total. The summed E-state index contributed by atoms with van der Waals surface area (Å²) in [6.07, 6.45) is 4.32. The SMILES string of the molecule is CCCCc1ncc(C(=O)N(C(=O)NO)C(C)Cc2ccccc2C)n1Cc1ccc(C(=O)O)cc1. The van der Waals surface area contributed by atoms with E-state index in [2.05, 4.69) is 11.9 Å². The molecule has 0 aliphatic carbocycles. The molecule has 3 amide bonds. The molecule has 3 aromatic rings. The topological polar surface area (TPSA) is 125 Å². The van der Waals surface area contributed by atoms with Gasteiger partial charge in [0.15, 0.2) is 0 Å². The smallest absolute Gasteiger partial charge is 0.348 e. The molecule has 2 aromatic carbocycles. The lowest BCUT2D eigenvalue weighted by atomic mass is 10.0. The lowest BCUT2D eigenvalue weighted by Crippen LogP contribution is -2.49. The van der Waals surface area contributed by atoms with Gasteiger partial charge >= 0.3 is 12.0 Å². The number of aromatic nitrogens is 2. The fraction of sp³-hybridized carbons (Fsp3) is 0.333. The lowest BCUT2D eigenvalue weighted by molar-refractivity contribution is 0.0668. The number of nitrogens with zero attached hydrogens (tertiary/aromatic N) is 3. The molecule has 1 atom stereocenters. The summed E-state index contributed by atoms with van der Waals surface area (Å²) in [5, 5.41) is 18.6. The van der Waals surface area contributed by atoms with Crippen molar-refractivity contribution < 1.29 is 24.7 Å². The van der Waals surface area contributed by atoms with Gasteiger partial charge in [0.25, 0.3) is 5.91 Å². The molecule has 0 aliphatic rings. The summed E-state index contributed by atoms with van der Waals surface area (Å²) in [5.41, 5.74) is 4.80. The fourth-order valence-electron chi connectivity index (χ4n) is 4.15. The number of hydroxylamine groups is 1. The number of unbranched alkanes of at least 4 members (excludes halogenated alkanes) is 1. The normalized spacial score (nSPS) is 11.7. The molecular formula is C27H32N4O5. The van der Waals surface area contributed by atoms with Crippen molar-refractivity contribution in [1.82, 2.24) is 19.9 Å². The monoisotopic (exact) mass is 492 g/mol. The Hall–Kier alpha value is -3.98. The van der Waals surface area contributed by atoms with Gasteiger partial charge in [-0.2, -0.15) is 0 Å². The molecule has 0 fully saturated rings. The molecule has 0 saturated heterocycles. The van der Waals surface area contributed by atoms with Gasteiger partial charge in [0, 0.05) is 19.0 Å². The van der Waals surface area contributed by atoms with E-state index in [4.69, 9.17) is 0 Å². The number of aryl methyl sites for hydroxylation is 2. The van der Waals surface area contributed by atoms with Crippen molar-refractivity contribution in [2.45, 2.75) is 59.0 Å². The van der Waals surface area contributed by atoms with Crippen molar-refractivity contribution in [3.63, 3.8) is 0 Å². The van der Waals surface area contributed by atoms with Gasteiger partial charge in [0.05, 0.1) is 11.8 Å². The Morgan fingerprint density at radius 1 is 1.11 bits per heavy atom. The molecule has 1 aromatic heterocycles. The summed E-state index contributed by atoms with van der Waals surface area (Å²) in [6, 6.07) is 12.7. The minimum Gasteiger partial charge on any atom is -0.478 e. The van der Waals surface area contributed by atoms with Crippen LogP contribution < -0.4 is 5.48 Å². The highest BCUT2D eigenvalue weighted by Crippen LogP contribution is 2.19. The maximum atomic E-state index is 13.7. The third kappa shape index (κ3) is 6.17. The molecule has 1 heterocycles. The zero-order valence-corrected chi connectivity index (χ0v) is 20.8. The Morgan fingerprint density at radius 2 is 1.81 bits per heavy atom. The van der Waals surface area contributed by atoms with E-state index in [1.807, 2.05) is 31.2 Å². The first-order valence-corrected chi connectivity index (χ1v) is 12.0. The number of nitrogens with one attached hydrogen (secondary N) is 1. The van der Waals surface area contributed by atoms with Crippen LogP contribution in [0.15, 0.2) is 54.7 Å². The van der Waals surface area contributed by atoms with E-state index in [0.717, 1.165) is 34.4 Å². The number of aromatic carboxylic acids is 1. The highest BCUT2D eigenvalue weighted by Gasteiger charge is 2.31. The molecule has 1 unspecified atom stereocenters. The van der Waals surface area contributed by atoms with Gasteiger partial charge < -0.3 is 9.67 Å². The second kappa shape index (κ2) is 12.1. The highest BCUT2D eigenvalue weighted by molar-refractivity contribution is 6.03. The molecule has 3 N–H and O–H groups in total. The van der Waals surface area contributed by atoms with Crippen molar-refractivity contribution in [2.24, 2.45) is 0 Å². The minimum absolute atomic E-state index is 0.169. The molecule has 0 spiro atoms. The fourth-order valence-corrected chi connectivity index (χ4v) is 4.15. The van der Waals surface area contributed by atoms with Crippen molar-refractivity contribution in [2.75, 3.05) is 0 Å². The summed E-state index contributed by atoms with van der Waals surface area (Å²) in [4.78, 5) is 43.1. The Bertz CT molecular complexity index is 1220. The van der Waals surface area contributed by atoms with Gasteiger partial charge in [-0.05, 0) is 55.5 Å². The van der Waals surface area contributed by atoms with Crippen LogP contribution in [-0.2, 0) is 19.4 Å². The number of rotatable bonds is 10. The molecule has 0 saturated carbocycles. The summed E-state index contributed by atoms with van der Waals surface area (Å²) >= 11 is 0. The number of benzene rings is 2. The Kier molecular flexibility index (Phi) is 8.97. The van der Waals surface area contributed by atoms with E-state index in [-0.39, 0.29) is 17.8 Å². The number of amides is 3. The van der Waals surface area contributed by atoms with Crippen molar-refractivity contribution in [1.29, 1.82) is 0 Å². The quantitative estimate of drug-likeness (QED) is 0.284. The third-order valence-electron chi connectivity index (χ3n) is 6.20. The standard InChI is InChI=1S/C27H32N4O5/c1-4-5-10-24-28-16-23(30(24)17-20-11-13-21(14-12-20)26(33)34)25(32)31(27(35)29-36)19(3)15-22-9-7-6-8-18(22)2/h6-9,11-14,16,19,36H,4-5,10,15,17H2,1-3H3,(H,29,35)(H,33,34). The minimum atomic E-state index is -1.02. The van der Waals surface area contributed by atoms with Crippen LogP contribution >= 0.6 is 0 Å².